The van der Waals surface area contributed by atoms with Crippen molar-refractivity contribution in [3.63, 3.8) is 0 Å². The Morgan fingerprint density at radius 2 is 1.59 bits per heavy atom. The number of ether oxygens (including phenoxy) is 1. The molecule has 0 radical (unpaired) electrons. The molecule has 0 spiro atoms. The molecule has 3 heteroatoms. The van der Waals surface area contributed by atoms with E-state index in [1.807, 2.05) is 12.1 Å². The summed E-state index contributed by atoms with van der Waals surface area (Å²) < 4.78 is 11.0. The number of rotatable bonds is 9. The minimum Gasteiger partial charge on any atom is -0.489 e. The molecular weight excluding hydrogens is 336 g/mol. The van der Waals surface area contributed by atoms with Gasteiger partial charge in [-0.3, -0.25) is 0 Å². The Morgan fingerprint density at radius 1 is 0.926 bits per heavy atom. The summed E-state index contributed by atoms with van der Waals surface area (Å²) in [6.07, 6.45) is 11.1. The maximum atomic E-state index is 11.3. The van der Waals surface area contributed by atoms with Crippen LogP contribution in [0.1, 0.15) is 53.4 Å². The lowest BCUT2D eigenvalue weighted by atomic mass is 10.1. The average Bonchev–Trinajstić information content (AvgIpc) is 2.61. The van der Waals surface area contributed by atoms with E-state index in [9.17, 15) is 4.79 Å². The molecule has 0 aliphatic rings. The van der Waals surface area contributed by atoms with Crippen LogP contribution in [0.15, 0.2) is 74.5 Å². The molecule has 0 bridgehead atoms. The van der Waals surface area contributed by atoms with E-state index in [2.05, 4.69) is 45.9 Å². The Kier molecular flexibility index (Phi) is 8.12. The van der Waals surface area contributed by atoms with Crippen molar-refractivity contribution in [1.29, 1.82) is 0 Å². The summed E-state index contributed by atoms with van der Waals surface area (Å²) in [6.45, 7) is 9.14. The molecule has 0 saturated heterocycles. The van der Waals surface area contributed by atoms with Crippen LogP contribution < -0.4 is 10.4 Å². The van der Waals surface area contributed by atoms with Gasteiger partial charge in [-0.25, -0.2) is 4.79 Å². The van der Waals surface area contributed by atoms with Crippen molar-refractivity contribution in [2.45, 2.75) is 53.4 Å². The van der Waals surface area contributed by atoms with E-state index in [0.29, 0.717) is 17.9 Å². The van der Waals surface area contributed by atoms with Crippen LogP contribution in [-0.4, -0.2) is 6.61 Å². The van der Waals surface area contributed by atoms with E-state index in [-0.39, 0.29) is 5.63 Å². The van der Waals surface area contributed by atoms with Crippen molar-refractivity contribution in [2.75, 3.05) is 6.61 Å². The molecular formula is C24H30O3. The molecule has 1 aromatic carbocycles. The van der Waals surface area contributed by atoms with Gasteiger partial charge in [0.15, 0.2) is 0 Å². The minimum atomic E-state index is -0.348. The van der Waals surface area contributed by atoms with Gasteiger partial charge >= 0.3 is 5.63 Å². The maximum absolute atomic E-state index is 11.3. The van der Waals surface area contributed by atoms with Gasteiger partial charge < -0.3 is 9.15 Å². The van der Waals surface area contributed by atoms with Crippen molar-refractivity contribution < 1.29 is 9.15 Å². The Labute approximate surface area is 162 Å². The van der Waals surface area contributed by atoms with Gasteiger partial charge in [-0.1, -0.05) is 28.9 Å². The van der Waals surface area contributed by atoms with Crippen LogP contribution >= 0.6 is 0 Å². The highest BCUT2D eigenvalue weighted by atomic mass is 16.5. The SMILES string of the molecule is CC(C)=CCCC(C)=CCCC(C)=CCOc1ccc2ccc(=O)oc2c1. The second-order valence-electron chi connectivity index (χ2n) is 7.22. The van der Waals surface area contributed by atoms with Gasteiger partial charge in [0.1, 0.15) is 17.9 Å². The molecule has 1 heterocycles. The number of hydrogen-bond donors (Lipinski definition) is 0. The van der Waals surface area contributed by atoms with Crippen LogP contribution in [0.25, 0.3) is 11.0 Å². The molecule has 0 unspecified atom stereocenters. The molecule has 1 aromatic heterocycles. The molecule has 3 nitrogen and oxygen atoms in total. The van der Waals surface area contributed by atoms with E-state index in [1.54, 1.807) is 12.1 Å². The fourth-order valence-corrected chi connectivity index (χ4v) is 2.75. The summed E-state index contributed by atoms with van der Waals surface area (Å²) in [5.74, 6) is 0.705. The fourth-order valence-electron chi connectivity index (χ4n) is 2.75. The lowest BCUT2D eigenvalue weighted by Crippen LogP contribution is -1.97. The summed E-state index contributed by atoms with van der Waals surface area (Å²) in [4.78, 5) is 11.3. The zero-order chi connectivity index (χ0) is 19.6. The number of hydrogen-bond acceptors (Lipinski definition) is 3. The van der Waals surface area contributed by atoms with E-state index in [0.717, 1.165) is 31.1 Å². The summed E-state index contributed by atoms with van der Waals surface area (Å²) in [7, 11) is 0. The molecule has 2 rings (SSSR count). The van der Waals surface area contributed by atoms with Crippen molar-refractivity contribution in [3.8, 4) is 5.75 Å². The topological polar surface area (TPSA) is 39.4 Å². The zero-order valence-corrected chi connectivity index (χ0v) is 16.9. The predicted octanol–water partition coefficient (Wildman–Crippen LogP) is 6.59. The standard InChI is InChI=1S/C24H30O3/c1-18(2)7-5-8-19(3)9-6-10-20(4)15-16-26-22-13-11-21-12-14-24(25)27-23(21)17-22/h7,9,11-15,17H,5-6,8,10,16H2,1-4H3. The summed E-state index contributed by atoms with van der Waals surface area (Å²) >= 11 is 0. The first-order chi connectivity index (χ1) is 12.9. The Morgan fingerprint density at radius 3 is 2.33 bits per heavy atom. The summed E-state index contributed by atoms with van der Waals surface area (Å²) in [5, 5.41) is 0.889. The first kappa shape index (κ1) is 20.8. The van der Waals surface area contributed by atoms with Gasteiger partial charge in [0.25, 0.3) is 0 Å². The average molecular weight is 367 g/mol. The van der Waals surface area contributed by atoms with Gasteiger partial charge in [-0.05, 0) is 77.7 Å². The molecule has 0 aliphatic carbocycles. The highest BCUT2D eigenvalue weighted by Gasteiger charge is 2.00. The smallest absolute Gasteiger partial charge is 0.336 e. The zero-order valence-electron chi connectivity index (χ0n) is 16.9. The van der Waals surface area contributed by atoms with E-state index in [4.69, 9.17) is 9.15 Å². The molecule has 27 heavy (non-hydrogen) atoms. The van der Waals surface area contributed by atoms with Crippen LogP contribution in [-0.2, 0) is 0 Å². The first-order valence-electron chi connectivity index (χ1n) is 9.55. The van der Waals surface area contributed by atoms with E-state index >= 15 is 0 Å². The van der Waals surface area contributed by atoms with Crippen LogP contribution in [0.3, 0.4) is 0 Å². The molecule has 2 aromatic rings. The van der Waals surface area contributed by atoms with Crippen LogP contribution in [0.2, 0.25) is 0 Å². The number of allylic oxidation sites excluding steroid dienone is 5. The normalized spacial score (nSPS) is 12.3. The van der Waals surface area contributed by atoms with Crippen molar-refractivity contribution in [3.05, 3.63) is 75.7 Å². The third-order valence-electron chi connectivity index (χ3n) is 4.40. The van der Waals surface area contributed by atoms with Crippen molar-refractivity contribution >= 4 is 11.0 Å². The largest absolute Gasteiger partial charge is 0.489 e. The molecule has 144 valence electrons. The molecule has 0 N–H and O–H groups in total. The van der Waals surface area contributed by atoms with Crippen molar-refractivity contribution in [1.82, 2.24) is 0 Å². The lowest BCUT2D eigenvalue weighted by Gasteiger charge is -2.05. The van der Waals surface area contributed by atoms with Gasteiger partial charge in [0, 0.05) is 17.5 Å². The monoisotopic (exact) mass is 366 g/mol. The Bertz CT molecular complexity index is 893. The molecule has 0 fully saturated rings. The van der Waals surface area contributed by atoms with Crippen LogP contribution in [0, 0.1) is 0 Å². The van der Waals surface area contributed by atoms with Crippen molar-refractivity contribution in [2.24, 2.45) is 0 Å². The van der Waals surface area contributed by atoms with Crippen LogP contribution in [0.5, 0.6) is 5.75 Å². The lowest BCUT2D eigenvalue weighted by molar-refractivity contribution is 0.361. The van der Waals surface area contributed by atoms with E-state index in [1.165, 1.54) is 22.8 Å². The molecule has 0 amide bonds. The quantitative estimate of drug-likeness (QED) is 0.371. The minimum absolute atomic E-state index is 0.348. The van der Waals surface area contributed by atoms with Gasteiger partial charge in [-0.15, -0.1) is 0 Å². The first-order valence-corrected chi connectivity index (χ1v) is 9.55. The molecule has 0 aliphatic heterocycles. The highest BCUT2D eigenvalue weighted by molar-refractivity contribution is 5.77. The van der Waals surface area contributed by atoms with Gasteiger partial charge in [-0.2, -0.15) is 0 Å². The molecule has 0 saturated carbocycles. The van der Waals surface area contributed by atoms with Gasteiger partial charge in [0.2, 0.25) is 0 Å². The van der Waals surface area contributed by atoms with Gasteiger partial charge in [0.05, 0.1) is 0 Å². The Balaban J connectivity index is 1.78. The second kappa shape index (κ2) is 10.6. The maximum Gasteiger partial charge on any atom is 0.336 e. The fraction of sp³-hybridized carbons (Fsp3) is 0.375. The van der Waals surface area contributed by atoms with Crippen LogP contribution in [0.4, 0.5) is 0 Å². The summed E-state index contributed by atoms with van der Waals surface area (Å²) in [5.41, 5.74) is 4.36. The second-order valence-corrected chi connectivity index (χ2v) is 7.22. The Hall–Kier alpha value is -2.55. The highest BCUT2D eigenvalue weighted by Crippen LogP contribution is 2.19. The third-order valence-corrected chi connectivity index (χ3v) is 4.40. The van der Waals surface area contributed by atoms with E-state index < -0.39 is 0 Å². The predicted molar refractivity (Wildman–Crippen MR) is 113 cm³/mol. The number of benzene rings is 1. The number of fused-ring (bicyclic) bond motifs is 1. The summed E-state index contributed by atoms with van der Waals surface area (Å²) in [6, 6.07) is 8.73. The molecule has 0 atom stereocenters. The third kappa shape index (κ3) is 7.69.